The van der Waals surface area contributed by atoms with Gasteiger partial charge in [0.05, 0.1) is 13.2 Å². The molecular weight excluding hydrogens is 306 g/mol. The fourth-order valence-electron chi connectivity index (χ4n) is 2.33. The Morgan fingerprint density at radius 1 is 1.08 bits per heavy atom. The third-order valence-corrected chi connectivity index (χ3v) is 3.66. The number of methoxy groups -OCH3 is 1. The molecule has 24 heavy (non-hydrogen) atoms. The molecule has 0 aliphatic rings. The number of hydrogen-bond acceptors (Lipinski definition) is 4. The molecule has 0 radical (unpaired) electrons. The van der Waals surface area contributed by atoms with Gasteiger partial charge in [-0.15, -0.1) is 0 Å². The van der Waals surface area contributed by atoms with Crippen LogP contribution in [-0.4, -0.2) is 25.0 Å². The van der Waals surface area contributed by atoms with Crippen molar-refractivity contribution in [3.63, 3.8) is 0 Å². The van der Waals surface area contributed by atoms with E-state index in [4.69, 9.17) is 16.2 Å². The molecule has 0 aliphatic heterocycles. The summed E-state index contributed by atoms with van der Waals surface area (Å²) >= 11 is 0. The molecule has 6 nitrogen and oxygen atoms in total. The standard InChI is InChI=1S/C18H21N3O3/c1-24-14-9-7-13(8-10-14)16(17(20)22)21-18(23)15(19)11-12-5-3-2-4-6-12/h2-10,15-16H,11,19H2,1H3,(H2,20,22)(H,21,23)/t15-,16-/m0/s1. The molecule has 0 saturated carbocycles. The molecule has 0 unspecified atom stereocenters. The lowest BCUT2D eigenvalue weighted by Crippen LogP contribution is -2.46. The van der Waals surface area contributed by atoms with E-state index in [0.29, 0.717) is 17.7 Å². The summed E-state index contributed by atoms with van der Waals surface area (Å²) in [5.74, 6) is -0.437. The molecule has 2 aromatic carbocycles. The number of carbonyl (C=O) groups excluding carboxylic acids is 2. The number of benzene rings is 2. The first-order chi connectivity index (χ1) is 11.5. The molecule has 0 saturated heterocycles. The van der Waals surface area contributed by atoms with Gasteiger partial charge in [-0.25, -0.2) is 0 Å². The number of nitrogens with two attached hydrogens (primary N) is 2. The van der Waals surface area contributed by atoms with Gasteiger partial charge in [0.1, 0.15) is 11.8 Å². The van der Waals surface area contributed by atoms with Gasteiger partial charge in [0.2, 0.25) is 11.8 Å². The lowest BCUT2D eigenvalue weighted by atomic mass is 10.0. The molecule has 0 bridgehead atoms. The van der Waals surface area contributed by atoms with Crippen molar-refractivity contribution in [3.8, 4) is 5.75 Å². The normalized spacial score (nSPS) is 12.9. The summed E-state index contributed by atoms with van der Waals surface area (Å²) in [5.41, 5.74) is 12.9. The molecule has 126 valence electrons. The highest BCUT2D eigenvalue weighted by Gasteiger charge is 2.23. The van der Waals surface area contributed by atoms with E-state index in [1.54, 1.807) is 31.4 Å². The summed E-state index contributed by atoms with van der Waals surface area (Å²) in [6.07, 6.45) is 0.376. The van der Waals surface area contributed by atoms with Crippen molar-refractivity contribution in [1.29, 1.82) is 0 Å². The second-order valence-corrected chi connectivity index (χ2v) is 5.41. The van der Waals surface area contributed by atoms with Crippen molar-refractivity contribution in [3.05, 3.63) is 65.7 Å². The minimum absolute atomic E-state index is 0.376. The van der Waals surface area contributed by atoms with Crippen LogP contribution in [0, 0.1) is 0 Å². The number of ether oxygens (including phenoxy) is 1. The maximum absolute atomic E-state index is 12.3. The maximum atomic E-state index is 12.3. The zero-order valence-corrected chi connectivity index (χ0v) is 13.4. The second-order valence-electron chi connectivity index (χ2n) is 5.41. The van der Waals surface area contributed by atoms with Crippen molar-refractivity contribution in [2.45, 2.75) is 18.5 Å². The molecule has 0 aromatic heterocycles. The average Bonchev–Trinajstić information content (AvgIpc) is 2.60. The predicted molar refractivity (Wildman–Crippen MR) is 91.2 cm³/mol. The first-order valence-electron chi connectivity index (χ1n) is 7.54. The Balaban J connectivity index is 2.06. The third kappa shape index (κ3) is 4.57. The molecule has 2 atom stereocenters. The predicted octanol–water partition coefficient (Wildman–Crippen LogP) is 0.908. The summed E-state index contributed by atoms with van der Waals surface area (Å²) in [7, 11) is 1.55. The summed E-state index contributed by atoms with van der Waals surface area (Å²) in [4.78, 5) is 24.0. The molecule has 0 aliphatic carbocycles. The smallest absolute Gasteiger partial charge is 0.244 e. The van der Waals surface area contributed by atoms with E-state index in [-0.39, 0.29) is 0 Å². The molecule has 2 rings (SSSR count). The third-order valence-electron chi connectivity index (χ3n) is 3.66. The van der Waals surface area contributed by atoms with Crippen LogP contribution in [0.2, 0.25) is 0 Å². The highest BCUT2D eigenvalue weighted by molar-refractivity contribution is 5.89. The Hall–Kier alpha value is -2.86. The molecule has 0 heterocycles. The van der Waals surface area contributed by atoms with Gasteiger partial charge in [0.25, 0.3) is 0 Å². The zero-order valence-electron chi connectivity index (χ0n) is 13.4. The van der Waals surface area contributed by atoms with Gasteiger partial charge in [-0.05, 0) is 29.7 Å². The summed E-state index contributed by atoms with van der Waals surface area (Å²) in [6, 6.07) is 14.5. The quantitative estimate of drug-likeness (QED) is 0.702. The highest BCUT2D eigenvalue weighted by atomic mass is 16.5. The van der Waals surface area contributed by atoms with E-state index in [1.807, 2.05) is 30.3 Å². The van der Waals surface area contributed by atoms with Crippen LogP contribution >= 0.6 is 0 Å². The Morgan fingerprint density at radius 3 is 2.25 bits per heavy atom. The molecule has 6 heteroatoms. The number of carbonyl (C=O) groups is 2. The molecule has 2 amide bonds. The van der Waals surface area contributed by atoms with Crippen LogP contribution < -0.4 is 21.5 Å². The molecule has 0 spiro atoms. The average molecular weight is 327 g/mol. The molecule has 5 N–H and O–H groups in total. The highest BCUT2D eigenvalue weighted by Crippen LogP contribution is 2.17. The van der Waals surface area contributed by atoms with E-state index in [0.717, 1.165) is 5.56 Å². The first kappa shape index (κ1) is 17.5. The number of nitrogens with one attached hydrogen (secondary N) is 1. The molecular formula is C18H21N3O3. The minimum Gasteiger partial charge on any atom is -0.497 e. The SMILES string of the molecule is COc1ccc([C@H](NC(=O)[C@@H](N)Cc2ccccc2)C(N)=O)cc1. The lowest BCUT2D eigenvalue weighted by molar-refractivity contribution is -0.128. The van der Waals surface area contributed by atoms with E-state index >= 15 is 0 Å². The summed E-state index contributed by atoms with van der Waals surface area (Å²) in [5, 5.41) is 2.61. The number of rotatable bonds is 7. The zero-order chi connectivity index (χ0) is 17.5. The van der Waals surface area contributed by atoms with Crippen molar-refractivity contribution in [2.24, 2.45) is 11.5 Å². The van der Waals surface area contributed by atoms with Crippen LogP contribution in [0.3, 0.4) is 0 Å². The van der Waals surface area contributed by atoms with Gasteiger partial charge in [0.15, 0.2) is 0 Å². The van der Waals surface area contributed by atoms with Crippen LogP contribution in [-0.2, 0) is 16.0 Å². The number of amides is 2. The summed E-state index contributed by atoms with van der Waals surface area (Å²) in [6.45, 7) is 0. The van der Waals surface area contributed by atoms with Gasteiger partial charge in [-0.3, -0.25) is 9.59 Å². The Kier molecular flexibility index (Phi) is 5.92. The fraction of sp³-hybridized carbons (Fsp3) is 0.222. The van der Waals surface area contributed by atoms with Crippen LogP contribution in [0.25, 0.3) is 0 Å². The van der Waals surface area contributed by atoms with Crippen LogP contribution in [0.5, 0.6) is 5.75 Å². The Bertz CT molecular complexity index is 686. The van der Waals surface area contributed by atoms with Gasteiger partial charge in [-0.1, -0.05) is 42.5 Å². The first-order valence-corrected chi connectivity index (χ1v) is 7.54. The minimum atomic E-state index is -0.940. The van der Waals surface area contributed by atoms with Crippen LogP contribution in [0.1, 0.15) is 17.2 Å². The lowest BCUT2D eigenvalue weighted by Gasteiger charge is -2.19. The van der Waals surface area contributed by atoms with Crippen LogP contribution in [0.4, 0.5) is 0 Å². The Morgan fingerprint density at radius 2 is 1.71 bits per heavy atom. The molecule has 2 aromatic rings. The largest absolute Gasteiger partial charge is 0.497 e. The number of hydrogen-bond donors (Lipinski definition) is 3. The Labute approximate surface area is 140 Å². The van der Waals surface area contributed by atoms with Gasteiger partial charge < -0.3 is 21.5 Å². The van der Waals surface area contributed by atoms with Gasteiger partial charge in [-0.2, -0.15) is 0 Å². The second kappa shape index (κ2) is 8.12. The van der Waals surface area contributed by atoms with E-state index < -0.39 is 23.9 Å². The monoisotopic (exact) mass is 327 g/mol. The van der Waals surface area contributed by atoms with E-state index in [2.05, 4.69) is 5.32 Å². The fourth-order valence-corrected chi connectivity index (χ4v) is 2.33. The maximum Gasteiger partial charge on any atom is 0.244 e. The van der Waals surface area contributed by atoms with Crippen molar-refractivity contribution >= 4 is 11.8 Å². The van der Waals surface area contributed by atoms with Gasteiger partial charge >= 0.3 is 0 Å². The van der Waals surface area contributed by atoms with Crippen molar-refractivity contribution in [2.75, 3.05) is 7.11 Å². The molecule has 0 fully saturated rings. The topological polar surface area (TPSA) is 107 Å². The van der Waals surface area contributed by atoms with Gasteiger partial charge in [0, 0.05) is 0 Å². The van der Waals surface area contributed by atoms with Crippen molar-refractivity contribution < 1.29 is 14.3 Å². The van der Waals surface area contributed by atoms with E-state index in [9.17, 15) is 9.59 Å². The summed E-state index contributed by atoms with van der Waals surface area (Å²) < 4.78 is 5.07. The number of primary amides is 1. The van der Waals surface area contributed by atoms with E-state index in [1.165, 1.54) is 0 Å². The van der Waals surface area contributed by atoms with Crippen LogP contribution in [0.15, 0.2) is 54.6 Å². The van der Waals surface area contributed by atoms with Crippen molar-refractivity contribution in [1.82, 2.24) is 5.32 Å².